The number of hydrogen-bond acceptors (Lipinski definition) is 5. The zero-order chi connectivity index (χ0) is 23.1. The van der Waals surface area contributed by atoms with Crippen LogP contribution in [0.25, 0.3) is 0 Å². The lowest BCUT2D eigenvalue weighted by Crippen LogP contribution is -2.34. The number of carbonyl (C=O) groups is 1. The second kappa shape index (κ2) is 12.5. The van der Waals surface area contributed by atoms with Crippen molar-refractivity contribution in [3.63, 3.8) is 0 Å². The summed E-state index contributed by atoms with van der Waals surface area (Å²) < 4.78 is 31.0. The molecule has 0 aliphatic heterocycles. The van der Waals surface area contributed by atoms with E-state index in [0.29, 0.717) is 19.3 Å². The zero-order valence-corrected chi connectivity index (χ0v) is 21.3. The molecule has 0 fully saturated rings. The number of Topliss-reactive ketones (excluding diaryl/α,β-unsaturated/α-hetero) is 1. The van der Waals surface area contributed by atoms with Crippen molar-refractivity contribution in [2.45, 2.75) is 44.6 Å². The van der Waals surface area contributed by atoms with Gasteiger partial charge in [0.15, 0.2) is 5.78 Å². The van der Waals surface area contributed by atoms with Gasteiger partial charge in [0.05, 0.1) is 13.4 Å². The van der Waals surface area contributed by atoms with Gasteiger partial charge in [0.25, 0.3) is 0 Å². The molecule has 33 heavy (non-hydrogen) atoms. The number of halogens is 1. The van der Waals surface area contributed by atoms with Crippen molar-refractivity contribution in [2.24, 2.45) is 0 Å². The molecule has 0 amide bonds. The van der Waals surface area contributed by atoms with Crippen molar-refractivity contribution in [2.75, 3.05) is 33.5 Å². The van der Waals surface area contributed by atoms with Crippen LogP contribution in [0.1, 0.15) is 46.3 Å². The molecule has 0 heterocycles. The number of sulfonamides is 1. The molecule has 0 aromatic heterocycles. The van der Waals surface area contributed by atoms with E-state index in [4.69, 9.17) is 4.74 Å². The van der Waals surface area contributed by atoms with Crippen LogP contribution in [0, 0.1) is 0 Å². The zero-order valence-electron chi connectivity index (χ0n) is 19.7. The Kier molecular flexibility index (Phi) is 10.4. The number of methoxy groups -OCH3 is 1. The first-order chi connectivity index (χ1) is 15.2. The summed E-state index contributed by atoms with van der Waals surface area (Å²) >= 11 is 0. The Bertz CT molecular complexity index is 1040. The first kappa shape index (κ1) is 27.3. The van der Waals surface area contributed by atoms with E-state index in [0.717, 1.165) is 54.8 Å². The Morgan fingerprint density at radius 3 is 2.55 bits per heavy atom. The quantitative estimate of drug-likeness (QED) is 0.360. The van der Waals surface area contributed by atoms with Crippen LogP contribution in [0.5, 0.6) is 5.75 Å². The molecule has 2 aromatic carbocycles. The third-order valence-electron chi connectivity index (χ3n) is 5.99. The van der Waals surface area contributed by atoms with Crippen LogP contribution in [0.3, 0.4) is 0 Å². The number of para-hydroxylation sites is 1. The van der Waals surface area contributed by atoms with Gasteiger partial charge in [-0.2, -0.15) is 0 Å². The van der Waals surface area contributed by atoms with E-state index in [2.05, 4.69) is 22.7 Å². The fourth-order valence-electron chi connectivity index (χ4n) is 4.32. The SMILES string of the molecule is COc1ccccc1CCN(C)CCCCC(=O)c1ccc2c(c1)CC(NS(C)(=O)=O)C2.Cl. The summed E-state index contributed by atoms with van der Waals surface area (Å²) in [4.78, 5) is 14.9. The average molecular weight is 495 g/mol. The van der Waals surface area contributed by atoms with Crippen molar-refractivity contribution in [1.82, 2.24) is 9.62 Å². The number of nitrogens with zero attached hydrogens (tertiary/aromatic N) is 1. The Balaban J connectivity index is 0.00000385. The van der Waals surface area contributed by atoms with Crippen LogP contribution < -0.4 is 9.46 Å². The lowest BCUT2D eigenvalue weighted by atomic mass is 10.0. The Labute approximate surface area is 204 Å². The Hall–Kier alpha value is -1.93. The minimum Gasteiger partial charge on any atom is -0.496 e. The van der Waals surface area contributed by atoms with Gasteiger partial charge in [0.1, 0.15) is 5.75 Å². The molecule has 1 aliphatic carbocycles. The van der Waals surface area contributed by atoms with E-state index < -0.39 is 10.0 Å². The second-order valence-electron chi connectivity index (χ2n) is 8.72. The number of benzene rings is 2. The molecular formula is C25H35ClN2O4S. The van der Waals surface area contributed by atoms with Gasteiger partial charge >= 0.3 is 0 Å². The fourth-order valence-corrected chi connectivity index (χ4v) is 5.09. The number of ether oxygens (including phenoxy) is 1. The highest BCUT2D eigenvalue weighted by Gasteiger charge is 2.24. The average Bonchev–Trinajstić information content (AvgIpc) is 3.14. The van der Waals surface area contributed by atoms with Gasteiger partial charge in [0.2, 0.25) is 10.0 Å². The smallest absolute Gasteiger partial charge is 0.208 e. The molecule has 1 unspecified atom stereocenters. The molecule has 2 aromatic rings. The van der Waals surface area contributed by atoms with E-state index in [1.807, 2.05) is 36.4 Å². The van der Waals surface area contributed by atoms with Gasteiger partial charge in [-0.05, 0) is 74.5 Å². The van der Waals surface area contributed by atoms with Gasteiger partial charge < -0.3 is 9.64 Å². The molecular weight excluding hydrogens is 460 g/mol. The van der Waals surface area contributed by atoms with Gasteiger partial charge in [-0.15, -0.1) is 12.4 Å². The molecule has 0 radical (unpaired) electrons. The largest absolute Gasteiger partial charge is 0.496 e. The van der Waals surface area contributed by atoms with Crippen LogP contribution in [0.2, 0.25) is 0 Å². The van der Waals surface area contributed by atoms with Crippen LogP contribution in [-0.4, -0.2) is 58.6 Å². The minimum absolute atomic E-state index is 0. The van der Waals surface area contributed by atoms with Gasteiger partial charge in [-0.3, -0.25) is 4.79 Å². The monoisotopic (exact) mass is 494 g/mol. The number of hydrogen-bond donors (Lipinski definition) is 1. The van der Waals surface area contributed by atoms with E-state index in [-0.39, 0.29) is 24.2 Å². The molecule has 1 atom stereocenters. The van der Waals surface area contributed by atoms with Crippen molar-refractivity contribution >= 4 is 28.2 Å². The highest BCUT2D eigenvalue weighted by molar-refractivity contribution is 7.88. The normalized spacial score (nSPS) is 15.2. The summed E-state index contributed by atoms with van der Waals surface area (Å²) in [5.74, 6) is 1.09. The predicted molar refractivity (Wildman–Crippen MR) is 135 cm³/mol. The fraction of sp³-hybridized carbons (Fsp3) is 0.480. The summed E-state index contributed by atoms with van der Waals surface area (Å²) in [5, 5.41) is 0. The number of fused-ring (bicyclic) bond motifs is 1. The molecule has 0 bridgehead atoms. The molecule has 0 spiro atoms. The third-order valence-corrected chi connectivity index (χ3v) is 6.75. The molecule has 0 saturated heterocycles. The summed E-state index contributed by atoms with van der Waals surface area (Å²) in [5.41, 5.74) is 4.14. The van der Waals surface area contributed by atoms with E-state index in [1.54, 1.807) is 7.11 Å². The predicted octanol–water partition coefficient (Wildman–Crippen LogP) is 3.66. The maximum Gasteiger partial charge on any atom is 0.208 e. The van der Waals surface area contributed by atoms with E-state index in [9.17, 15) is 13.2 Å². The van der Waals surface area contributed by atoms with Crippen LogP contribution in [0.4, 0.5) is 0 Å². The van der Waals surface area contributed by atoms with Crippen molar-refractivity contribution in [3.05, 3.63) is 64.7 Å². The number of ketones is 1. The molecule has 182 valence electrons. The first-order valence-corrected chi connectivity index (χ1v) is 13.1. The Morgan fingerprint density at radius 1 is 1.09 bits per heavy atom. The standard InChI is InChI=1S/C25H34N2O4S.ClH/c1-27(15-13-19-8-4-5-10-25(19)31-2)14-7-6-9-24(28)21-12-11-20-17-23(18-22(20)16-21)26-32(3,29)30;/h4-5,8,10-12,16,23,26H,6-7,9,13-15,17-18H2,1-3H3;1H. The number of carbonyl (C=O) groups excluding carboxylic acids is 1. The highest BCUT2D eigenvalue weighted by Crippen LogP contribution is 2.25. The molecule has 0 saturated carbocycles. The van der Waals surface area contributed by atoms with Crippen LogP contribution >= 0.6 is 12.4 Å². The molecule has 6 nitrogen and oxygen atoms in total. The van der Waals surface area contributed by atoms with Gasteiger partial charge in [-0.25, -0.2) is 13.1 Å². The minimum atomic E-state index is -3.22. The van der Waals surface area contributed by atoms with Crippen LogP contribution in [0.15, 0.2) is 42.5 Å². The lowest BCUT2D eigenvalue weighted by molar-refractivity contribution is 0.0978. The maximum absolute atomic E-state index is 12.6. The number of rotatable bonds is 12. The van der Waals surface area contributed by atoms with Crippen molar-refractivity contribution in [1.29, 1.82) is 0 Å². The summed E-state index contributed by atoms with van der Waals surface area (Å²) in [6.45, 7) is 1.90. The van der Waals surface area contributed by atoms with Gasteiger partial charge in [-0.1, -0.05) is 30.3 Å². The maximum atomic E-state index is 12.6. The number of nitrogens with one attached hydrogen (secondary N) is 1. The molecule has 3 rings (SSSR count). The summed E-state index contributed by atoms with van der Waals surface area (Å²) in [6, 6.07) is 13.8. The third kappa shape index (κ3) is 8.41. The number of likely N-dealkylation sites (N-methyl/N-ethyl adjacent to an activating group) is 1. The summed E-state index contributed by atoms with van der Waals surface area (Å²) in [6.07, 6.45) is 5.79. The van der Waals surface area contributed by atoms with Crippen molar-refractivity contribution < 1.29 is 17.9 Å². The lowest BCUT2D eigenvalue weighted by Gasteiger charge is -2.17. The van der Waals surface area contributed by atoms with Crippen molar-refractivity contribution in [3.8, 4) is 5.75 Å². The molecule has 1 aliphatic rings. The van der Waals surface area contributed by atoms with Crippen LogP contribution in [-0.2, 0) is 29.3 Å². The Morgan fingerprint density at radius 2 is 1.82 bits per heavy atom. The number of unbranched alkanes of at least 4 members (excludes halogenated alkanes) is 1. The summed E-state index contributed by atoms with van der Waals surface area (Å²) in [7, 11) is 0.585. The van der Waals surface area contributed by atoms with E-state index >= 15 is 0 Å². The van der Waals surface area contributed by atoms with Gasteiger partial charge in [0, 0.05) is 24.6 Å². The molecule has 8 heteroatoms. The molecule has 1 N–H and O–H groups in total. The second-order valence-corrected chi connectivity index (χ2v) is 10.5. The first-order valence-electron chi connectivity index (χ1n) is 11.2. The van der Waals surface area contributed by atoms with E-state index in [1.165, 1.54) is 11.8 Å². The highest BCUT2D eigenvalue weighted by atomic mass is 35.5. The topological polar surface area (TPSA) is 75.7 Å².